The van der Waals surface area contributed by atoms with E-state index in [1.165, 1.54) is 6.39 Å². The molecule has 0 aromatic heterocycles. The van der Waals surface area contributed by atoms with Gasteiger partial charge in [-0.1, -0.05) is 0 Å². The summed E-state index contributed by atoms with van der Waals surface area (Å²) in [5, 5.41) is 7.29. The summed E-state index contributed by atoms with van der Waals surface area (Å²) in [5.41, 5.74) is 0.991. The van der Waals surface area contributed by atoms with E-state index in [-0.39, 0.29) is 0 Å². The van der Waals surface area contributed by atoms with Gasteiger partial charge in [0.25, 0.3) is 0 Å². The molecule has 10 heavy (non-hydrogen) atoms. The van der Waals surface area contributed by atoms with E-state index in [1.807, 2.05) is 6.92 Å². The van der Waals surface area contributed by atoms with E-state index < -0.39 is 0 Å². The third kappa shape index (κ3) is 0.586. The molecule has 4 heteroatoms. The molecule has 0 saturated heterocycles. The van der Waals surface area contributed by atoms with Gasteiger partial charge in [-0.15, -0.1) is 10.2 Å². The molecule has 0 aliphatic carbocycles. The van der Waals surface area contributed by atoms with Crippen molar-refractivity contribution in [2.75, 3.05) is 0 Å². The first-order valence-corrected chi connectivity index (χ1v) is 2.89. The van der Waals surface area contributed by atoms with Crippen LogP contribution in [0.3, 0.4) is 0 Å². The van der Waals surface area contributed by atoms with Gasteiger partial charge in [0.15, 0.2) is 5.76 Å². The summed E-state index contributed by atoms with van der Waals surface area (Å²) < 4.78 is 5.05. The second-order valence-electron chi connectivity index (χ2n) is 2.03. The molecular formula is C6H5N3O. The van der Waals surface area contributed by atoms with Crippen LogP contribution >= 0.6 is 0 Å². The van der Waals surface area contributed by atoms with E-state index in [1.54, 1.807) is 6.20 Å². The largest absolute Gasteiger partial charge is 0.440 e. The van der Waals surface area contributed by atoms with Crippen molar-refractivity contribution < 1.29 is 4.42 Å². The minimum atomic E-state index is 0.569. The van der Waals surface area contributed by atoms with E-state index in [2.05, 4.69) is 15.2 Å². The monoisotopic (exact) mass is 135 g/mol. The van der Waals surface area contributed by atoms with Crippen molar-refractivity contribution in [3.8, 4) is 11.6 Å². The topological polar surface area (TPSA) is 51.8 Å². The molecule has 0 amide bonds. The Morgan fingerprint density at radius 1 is 1.50 bits per heavy atom. The molecular weight excluding hydrogens is 130 g/mol. The molecule has 0 N–H and O–H groups in total. The fourth-order valence-corrected chi connectivity index (χ4v) is 0.823. The highest BCUT2D eigenvalue weighted by Crippen LogP contribution is 2.19. The molecule has 2 aliphatic heterocycles. The van der Waals surface area contributed by atoms with E-state index >= 15 is 0 Å². The number of aryl methyl sites for hydroxylation is 1. The minimum Gasteiger partial charge on any atom is -0.440 e. The van der Waals surface area contributed by atoms with Crippen molar-refractivity contribution in [1.29, 1.82) is 0 Å². The van der Waals surface area contributed by atoms with Crippen LogP contribution in [0.5, 0.6) is 0 Å². The molecule has 2 aliphatic rings. The lowest BCUT2D eigenvalue weighted by Crippen LogP contribution is -1.85. The zero-order chi connectivity index (χ0) is 6.97. The maximum Gasteiger partial charge on any atom is 0.218 e. The van der Waals surface area contributed by atoms with Crippen molar-refractivity contribution in [2.24, 2.45) is 0 Å². The van der Waals surface area contributed by atoms with Gasteiger partial charge < -0.3 is 4.42 Å². The van der Waals surface area contributed by atoms with Gasteiger partial charge in [0.1, 0.15) is 0 Å². The molecule has 0 bridgehead atoms. The van der Waals surface area contributed by atoms with Crippen LogP contribution in [0.2, 0.25) is 0 Å². The molecule has 2 rings (SSSR count). The zero-order valence-electron chi connectivity index (χ0n) is 5.40. The maximum absolute atomic E-state index is 5.05. The van der Waals surface area contributed by atoms with Gasteiger partial charge in [-0.05, 0) is 6.92 Å². The molecule has 0 spiro atoms. The van der Waals surface area contributed by atoms with Crippen molar-refractivity contribution in [3.05, 3.63) is 18.2 Å². The van der Waals surface area contributed by atoms with Crippen molar-refractivity contribution >= 4 is 0 Å². The molecule has 0 atom stereocenters. The molecule has 0 unspecified atom stereocenters. The van der Waals surface area contributed by atoms with Crippen molar-refractivity contribution in [1.82, 2.24) is 15.2 Å². The molecule has 0 saturated carbocycles. The maximum atomic E-state index is 5.05. The fraction of sp³-hybridized carbons (Fsp3) is 0.167. The van der Waals surface area contributed by atoms with Gasteiger partial charge in [0, 0.05) is 11.8 Å². The van der Waals surface area contributed by atoms with E-state index in [0.29, 0.717) is 5.82 Å². The first-order valence-electron chi connectivity index (χ1n) is 2.89. The Kier molecular flexibility index (Phi) is 0.943. The van der Waals surface area contributed by atoms with Gasteiger partial charge in [0.05, 0.1) is 0 Å². The van der Waals surface area contributed by atoms with Crippen LogP contribution in [-0.4, -0.2) is 15.2 Å². The summed E-state index contributed by atoms with van der Waals surface area (Å²) in [6, 6.07) is 0. The molecule has 2 heterocycles. The van der Waals surface area contributed by atoms with Crippen LogP contribution in [0.15, 0.2) is 17.0 Å². The SMILES string of the molecule is Cc1cnc2nncoc1-2. The number of hydrogen-bond acceptors (Lipinski definition) is 4. The molecule has 0 fully saturated rings. The number of fused-ring (bicyclic) bond motifs is 1. The summed E-state index contributed by atoms with van der Waals surface area (Å²) in [5.74, 6) is 1.29. The molecule has 50 valence electrons. The lowest BCUT2D eigenvalue weighted by atomic mass is 10.3. The summed E-state index contributed by atoms with van der Waals surface area (Å²) >= 11 is 0. The first kappa shape index (κ1) is 5.34. The normalized spacial score (nSPS) is 10.5. The standard InChI is InChI=1S/C6H5N3O/c1-4-2-7-6-5(4)10-3-8-9-6/h2-3H,1H3. The van der Waals surface area contributed by atoms with Crippen LogP contribution in [0.1, 0.15) is 5.56 Å². The predicted octanol–water partition coefficient (Wildman–Crippen LogP) is 0.878. The minimum absolute atomic E-state index is 0.569. The Balaban J connectivity index is 2.78. The summed E-state index contributed by atoms with van der Waals surface area (Å²) in [7, 11) is 0. The fourth-order valence-electron chi connectivity index (χ4n) is 0.823. The Morgan fingerprint density at radius 3 is 3.20 bits per heavy atom. The van der Waals surface area contributed by atoms with Gasteiger partial charge >= 0.3 is 0 Å². The van der Waals surface area contributed by atoms with Crippen LogP contribution in [-0.2, 0) is 0 Å². The summed E-state index contributed by atoms with van der Waals surface area (Å²) in [6.45, 7) is 1.92. The number of nitrogens with zero attached hydrogens (tertiary/aromatic N) is 3. The second kappa shape index (κ2) is 1.76. The van der Waals surface area contributed by atoms with Gasteiger partial charge in [-0.2, -0.15) is 0 Å². The number of rotatable bonds is 0. The summed E-state index contributed by atoms with van der Waals surface area (Å²) in [6.07, 6.45) is 3.01. The highest BCUT2D eigenvalue weighted by molar-refractivity contribution is 5.52. The van der Waals surface area contributed by atoms with Gasteiger partial charge in [0.2, 0.25) is 12.2 Å². The lowest BCUT2D eigenvalue weighted by molar-refractivity contribution is 0.520. The van der Waals surface area contributed by atoms with Gasteiger partial charge in [-0.25, -0.2) is 4.98 Å². The van der Waals surface area contributed by atoms with Gasteiger partial charge in [-0.3, -0.25) is 0 Å². The van der Waals surface area contributed by atoms with Crippen LogP contribution < -0.4 is 0 Å². The molecule has 0 aromatic rings. The summed E-state index contributed by atoms with van der Waals surface area (Å²) in [4.78, 5) is 3.95. The Bertz CT molecular complexity index is 317. The van der Waals surface area contributed by atoms with Crippen molar-refractivity contribution in [2.45, 2.75) is 6.92 Å². The Hall–Kier alpha value is -1.45. The average molecular weight is 135 g/mol. The highest BCUT2D eigenvalue weighted by atomic mass is 16.3. The smallest absolute Gasteiger partial charge is 0.218 e. The number of hydrogen-bond donors (Lipinski definition) is 0. The average Bonchev–Trinajstić information content (AvgIpc) is 2.34. The van der Waals surface area contributed by atoms with E-state index in [0.717, 1.165) is 11.3 Å². The van der Waals surface area contributed by atoms with Crippen LogP contribution in [0.4, 0.5) is 0 Å². The lowest BCUT2D eigenvalue weighted by Gasteiger charge is -1.91. The Labute approximate surface area is 57.3 Å². The third-order valence-corrected chi connectivity index (χ3v) is 1.31. The zero-order valence-corrected chi connectivity index (χ0v) is 5.40. The second-order valence-corrected chi connectivity index (χ2v) is 2.03. The van der Waals surface area contributed by atoms with Crippen LogP contribution in [0.25, 0.3) is 11.6 Å². The number of aromatic nitrogens is 3. The van der Waals surface area contributed by atoms with E-state index in [9.17, 15) is 0 Å². The van der Waals surface area contributed by atoms with Crippen LogP contribution in [0, 0.1) is 6.92 Å². The molecule has 4 nitrogen and oxygen atoms in total. The molecule has 0 radical (unpaired) electrons. The quantitative estimate of drug-likeness (QED) is 0.538. The molecule has 0 aromatic carbocycles. The van der Waals surface area contributed by atoms with E-state index in [4.69, 9.17) is 4.42 Å². The predicted molar refractivity (Wildman–Crippen MR) is 33.5 cm³/mol. The highest BCUT2D eigenvalue weighted by Gasteiger charge is 2.10. The van der Waals surface area contributed by atoms with Crippen molar-refractivity contribution in [3.63, 3.8) is 0 Å². The first-order chi connectivity index (χ1) is 4.88. The third-order valence-electron chi connectivity index (χ3n) is 1.31. The Morgan fingerprint density at radius 2 is 2.40 bits per heavy atom.